The number of rotatable bonds is 3. The molecular weight excluding hydrogens is 246 g/mol. The summed E-state index contributed by atoms with van der Waals surface area (Å²) in [6, 6.07) is -0.0241. The number of carbonyl (C=O) groups is 1. The van der Waals surface area contributed by atoms with Crippen molar-refractivity contribution < 1.29 is 4.79 Å². The number of aryl methyl sites for hydroxylation is 1. The van der Waals surface area contributed by atoms with Gasteiger partial charge in [-0.1, -0.05) is 6.92 Å². The molecule has 1 fully saturated rings. The minimum absolute atomic E-state index is 0.0241. The second-order valence-corrected chi connectivity index (χ2v) is 6.41. The van der Waals surface area contributed by atoms with Crippen molar-refractivity contribution in [1.29, 1.82) is 0 Å². The Hall–Kier alpha value is -0.940. The van der Waals surface area contributed by atoms with E-state index in [2.05, 4.69) is 17.2 Å². The van der Waals surface area contributed by atoms with Crippen molar-refractivity contribution in [2.75, 3.05) is 13.6 Å². The van der Waals surface area contributed by atoms with Crippen LogP contribution in [0.25, 0.3) is 0 Å². The molecule has 2 heterocycles. The van der Waals surface area contributed by atoms with Crippen LogP contribution in [0.3, 0.4) is 0 Å². The van der Waals surface area contributed by atoms with Crippen molar-refractivity contribution in [3.63, 3.8) is 0 Å². The lowest BCUT2D eigenvalue weighted by molar-refractivity contribution is -0.133. The minimum Gasteiger partial charge on any atom is -0.336 e. The van der Waals surface area contributed by atoms with Crippen LogP contribution < -0.4 is 5.32 Å². The normalized spacial score (nSPS) is 25.3. The molecule has 100 valence electrons. The number of nitrogens with zero attached hydrogens (tertiary/aromatic N) is 2. The first-order chi connectivity index (χ1) is 8.60. The van der Waals surface area contributed by atoms with Gasteiger partial charge in [0, 0.05) is 17.6 Å². The first-order valence-corrected chi connectivity index (χ1v) is 7.29. The monoisotopic (exact) mass is 267 g/mol. The molecule has 1 aliphatic rings. The predicted octanol–water partition coefficient (Wildman–Crippen LogP) is 1.80. The Kier molecular flexibility index (Phi) is 4.35. The molecule has 4 nitrogen and oxygen atoms in total. The maximum absolute atomic E-state index is 12.4. The van der Waals surface area contributed by atoms with Crippen molar-refractivity contribution in [2.45, 2.75) is 39.3 Å². The van der Waals surface area contributed by atoms with Crippen LogP contribution in [0.1, 0.15) is 29.7 Å². The van der Waals surface area contributed by atoms with Crippen LogP contribution in [-0.4, -0.2) is 35.4 Å². The van der Waals surface area contributed by atoms with Gasteiger partial charge in [0.15, 0.2) is 0 Å². The van der Waals surface area contributed by atoms with E-state index in [9.17, 15) is 4.79 Å². The van der Waals surface area contributed by atoms with Crippen molar-refractivity contribution in [2.24, 2.45) is 5.92 Å². The third-order valence-electron chi connectivity index (χ3n) is 3.45. The zero-order valence-electron chi connectivity index (χ0n) is 11.3. The van der Waals surface area contributed by atoms with Gasteiger partial charge < -0.3 is 10.2 Å². The van der Waals surface area contributed by atoms with Crippen LogP contribution in [0, 0.1) is 12.8 Å². The van der Waals surface area contributed by atoms with Crippen LogP contribution >= 0.6 is 11.3 Å². The van der Waals surface area contributed by atoms with E-state index in [1.807, 2.05) is 25.1 Å². The molecule has 0 radical (unpaired) electrons. The van der Waals surface area contributed by atoms with Crippen molar-refractivity contribution in [3.8, 4) is 0 Å². The first-order valence-electron chi connectivity index (χ1n) is 6.47. The highest BCUT2D eigenvalue weighted by Crippen LogP contribution is 2.21. The van der Waals surface area contributed by atoms with E-state index in [0.29, 0.717) is 12.5 Å². The molecule has 0 aromatic carbocycles. The molecule has 5 heteroatoms. The van der Waals surface area contributed by atoms with Crippen LogP contribution in [0.5, 0.6) is 0 Å². The number of nitrogens with one attached hydrogen (secondary N) is 1. The lowest BCUT2D eigenvalue weighted by atomic mass is 10.0. The number of likely N-dealkylation sites (N-methyl/N-ethyl adjacent to an activating group) is 1. The summed E-state index contributed by atoms with van der Waals surface area (Å²) < 4.78 is 0. The summed E-state index contributed by atoms with van der Waals surface area (Å²) in [4.78, 5) is 19.8. The number of amides is 1. The Labute approximate surface area is 112 Å². The van der Waals surface area contributed by atoms with Crippen LogP contribution in [0.15, 0.2) is 6.20 Å². The Morgan fingerprint density at radius 3 is 2.94 bits per heavy atom. The average molecular weight is 267 g/mol. The van der Waals surface area contributed by atoms with Gasteiger partial charge in [-0.3, -0.25) is 4.79 Å². The third kappa shape index (κ3) is 3.09. The molecule has 1 N–H and O–H groups in total. The number of carbonyl (C=O) groups excluding carboxylic acids is 1. The van der Waals surface area contributed by atoms with Gasteiger partial charge in [-0.15, -0.1) is 11.3 Å². The smallest absolute Gasteiger partial charge is 0.240 e. The van der Waals surface area contributed by atoms with Crippen molar-refractivity contribution in [3.05, 3.63) is 16.1 Å². The van der Waals surface area contributed by atoms with E-state index in [1.165, 1.54) is 4.88 Å². The lowest BCUT2D eigenvalue weighted by Crippen LogP contribution is -2.43. The Morgan fingerprint density at radius 1 is 1.56 bits per heavy atom. The topological polar surface area (TPSA) is 45.2 Å². The van der Waals surface area contributed by atoms with Gasteiger partial charge in [0.1, 0.15) is 0 Å². The van der Waals surface area contributed by atoms with Crippen LogP contribution in [0.2, 0.25) is 0 Å². The maximum atomic E-state index is 12.4. The van der Waals surface area contributed by atoms with Gasteiger partial charge in [0.25, 0.3) is 0 Å². The van der Waals surface area contributed by atoms with E-state index in [1.54, 1.807) is 11.3 Å². The Balaban J connectivity index is 2.10. The molecule has 0 bridgehead atoms. The fraction of sp³-hybridized carbons (Fsp3) is 0.692. The molecule has 0 spiro atoms. The summed E-state index contributed by atoms with van der Waals surface area (Å²) in [6.45, 7) is 5.77. The van der Waals surface area contributed by atoms with Crippen molar-refractivity contribution in [1.82, 2.24) is 15.2 Å². The number of hydrogen-bond acceptors (Lipinski definition) is 4. The molecule has 1 saturated heterocycles. The summed E-state index contributed by atoms with van der Waals surface area (Å²) in [6.07, 6.45) is 3.93. The molecule has 2 atom stereocenters. The summed E-state index contributed by atoms with van der Waals surface area (Å²) in [5.41, 5.74) is 0. The second kappa shape index (κ2) is 5.80. The summed E-state index contributed by atoms with van der Waals surface area (Å²) in [5.74, 6) is 0.800. The second-order valence-electron chi connectivity index (χ2n) is 5.09. The molecule has 1 aromatic heterocycles. The number of likely N-dealkylation sites (tertiary alicyclic amines) is 1. The van der Waals surface area contributed by atoms with E-state index in [0.717, 1.165) is 24.4 Å². The average Bonchev–Trinajstić information content (AvgIpc) is 2.68. The molecular formula is C13H21N3OS. The predicted molar refractivity (Wildman–Crippen MR) is 73.5 cm³/mol. The molecule has 1 aliphatic heterocycles. The molecule has 1 amide bonds. The van der Waals surface area contributed by atoms with Gasteiger partial charge in [-0.25, -0.2) is 4.98 Å². The third-order valence-corrected chi connectivity index (χ3v) is 4.35. The van der Waals surface area contributed by atoms with Gasteiger partial charge in [-0.2, -0.15) is 0 Å². The van der Waals surface area contributed by atoms with E-state index in [-0.39, 0.29) is 11.9 Å². The lowest BCUT2D eigenvalue weighted by Gasteiger charge is -2.24. The quantitative estimate of drug-likeness (QED) is 0.908. The zero-order valence-corrected chi connectivity index (χ0v) is 12.1. The Bertz CT molecular complexity index is 418. The van der Waals surface area contributed by atoms with Gasteiger partial charge in [0.05, 0.1) is 17.6 Å². The van der Waals surface area contributed by atoms with Gasteiger partial charge >= 0.3 is 0 Å². The number of aromatic nitrogens is 1. The standard InChI is InChI=1S/C13H21N3OS/c1-9-4-5-12(14-3)13(17)16(7-9)8-11-6-15-10(2)18-11/h6,9,12,14H,4-5,7-8H2,1-3H3. The van der Waals surface area contributed by atoms with E-state index in [4.69, 9.17) is 0 Å². The highest BCUT2D eigenvalue weighted by Gasteiger charge is 2.28. The van der Waals surface area contributed by atoms with Gasteiger partial charge in [0.2, 0.25) is 5.91 Å². The fourth-order valence-corrected chi connectivity index (χ4v) is 3.24. The largest absolute Gasteiger partial charge is 0.336 e. The molecule has 0 aliphatic carbocycles. The fourth-order valence-electron chi connectivity index (χ4n) is 2.43. The molecule has 1 aromatic rings. The summed E-state index contributed by atoms with van der Waals surface area (Å²) in [5, 5.41) is 4.19. The summed E-state index contributed by atoms with van der Waals surface area (Å²) in [7, 11) is 1.87. The maximum Gasteiger partial charge on any atom is 0.240 e. The van der Waals surface area contributed by atoms with E-state index < -0.39 is 0 Å². The number of thiazole rings is 1. The SMILES string of the molecule is CNC1CCC(C)CN(Cc2cnc(C)s2)C1=O. The van der Waals surface area contributed by atoms with Crippen LogP contribution in [-0.2, 0) is 11.3 Å². The molecule has 2 rings (SSSR count). The summed E-state index contributed by atoms with van der Waals surface area (Å²) >= 11 is 1.67. The van der Waals surface area contributed by atoms with Crippen molar-refractivity contribution >= 4 is 17.2 Å². The first kappa shape index (κ1) is 13.5. The van der Waals surface area contributed by atoms with Gasteiger partial charge in [-0.05, 0) is 32.7 Å². The minimum atomic E-state index is -0.0241. The van der Waals surface area contributed by atoms with E-state index >= 15 is 0 Å². The Morgan fingerprint density at radius 2 is 2.33 bits per heavy atom. The molecule has 0 saturated carbocycles. The molecule has 2 unspecified atom stereocenters. The molecule has 18 heavy (non-hydrogen) atoms. The van der Waals surface area contributed by atoms with Crippen LogP contribution in [0.4, 0.5) is 0 Å². The number of hydrogen-bond donors (Lipinski definition) is 1. The zero-order chi connectivity index (χ0) is 13.1. The highest BCUT2D eigenvalue weighted by atomic mass is 32.1. The highest BCUT2D eigenvalue weighted by molar-refractivity contribution is 7.11.